The number of hydrogen-bond acceptors (Lipinski definition) is 4. The Hall–Kier alpha value is -2.90. The van der Waals surface area contributed by atoms with E-state index < -0.39 is 23.7 Å². The number of benzene rings is 2. The van der Waals surface area contributed by atoms with Crippen molar-refractivity contribution in [3.05, 3.63) is 47.5 Å². The lowest BCUT2D eigenvalue weighted by molar-refractivity contribution is -0.138. The molecule has 0 aromatic heterocycles. The highest BCUT2D eigenvalue weighted by Crippen LogP contribution is 2.33. The Bertz CT molecular complexity index is 822. The Kier molecular flexibility index (Phi) is 6.20. The van der Waals surface area contributed by atoms with Gasteiger partial charge in [-0.1, -0.05) is 6.07 Å². The Labute approximate surface area is 155 Å². The van der Waals surface area contributed by atoms with Gasteiger partial charge in [0.1, 0.15) is 6.04 Å². The molecular weight excluding hydrogens is 361 g/mol. The third kappa shape index (κ3) is 5.06. The van der Waals surface area contributed by atoms with Gasteiger partial charge in [-0.25, -0.2) is 0 Å². The summed E-state index contributed by atoms with van der Waals surface area (Å²) in [5.74, 6) is 0.557. The highest BCUT2D eigenvalue weighted by atomic mass is 19.4. The molecule has 0 saturated carbocycles. The Balaban J connectivity index is 2.10. The second kappa shape index (κ2) is 8.20. The van der Waals surface area contributed by atoms with Gasteiger partial charge in [0, 0.05) is 17.4 Å². The first-order valence-corrected chi connectivity index (χ1v) is 8.13. The van der Waals surface area contributed by atoms with Gasteiger partial charge in [0.15, 0.2) is 11.5 Å². The van der Waals surface area contributed by atoms with E-state index in [4.69, 9.17) is 9.47 Å². The van der Waals surface area contributed by atoms with Crippen LogP contribution in [-0.2, 0) is 11.0 Å². The maximum absolute atomic E-state index is 13.0. The zero-order chi connectivity index (χ0) is 20.2. The number of amides is 1. The minimum atomic E-state index is -4.45. The van der Waals surface area contributed by atoms with Crippen molar-refractivity contribution in [3.8, 4) is 11.5 Å². The molecule has 2 N–H and O–H groups in total. The molecule has 0 fully saturated rings. The molecule has 5 nitrogen and oxygen atoms in total. The van der Waals surface area contributed by atoms with Crippen LogP contribution in [-0.4, -0.2) is 26.2 Å². The minimum absolute atomic E-state index is 0.121. The van der Waals surface area contributed by atoms with E-state index in [0.29, 0.717) is 17.2 Å². The average Bonchev–Trinajstić information content (AvgIpc) is 2.62. The molecule has 0 aliphatic carbocycles. The van der Waals surface area contributed by atoms with E-state index in [1.165, 1.54) is 33.3 Å². The molecule has 2 aromatic rings. The first kappa shape index (κ1) is 20.4. The van der Waals surface area contributed by atoms with E-state index in [0.717, 1.165) is 6.07 Å². The average molecular weight is 382 g/mol. The van der Waals surface area contributed by atoms with Crippen molar-refractivity contribution in [1.82, 2.24) is 0 Å². The lowest BCUT2D eigenvalue weighted by Crippen LogP contribution is -2.32. The summed E-state index contributed by atoms with van der Waals surface area (Å²) < 4.78 is 49.4. The van der Waals surface area contributed by atoms with Crippen molar-refractivity contribution < 1.29 is 27.4 Å². The third-order valence-electron chi connectivity index (χ3n) is 3.97. The number of rotatable bonds is 6. The predicted molar refractivity (Wildman–Crippen MR) is 97.4 cm³/mol. The summed E-state index contributed by atoms with van der Waals surface area (Å²) in [7, 11) is 2.97. The Morgan fingerprint density at radius 2 is 1.63 bits per heavy atom. The van der Waals surface area contributed by atoms with Crippen molar-refractivity contribution in [3.63, 3.8) is 0 Å². The molecule has 2 rings (SSSR count). The fourth-order valence-corrected chi connectivity index (χ4v) is 2.50. The van der Waals surface area contributed by atoms with Crippen LogP contribution in [0.5, 0.6) is 11.5 Å². The molecule has 1 atom stereocenters. The summed E-state index contributed by atoms with van der Waals surface area (Å²) in [4.78, 5) is 12.4. The number of aryl methyl sites for hydroxylation is 1. The van der Waals surface area contributed by atoms with Crippen LogP contribution < -0.4 is 20.1 Å². The second-order valence-corrected chi connectivity index (χ2v) is 5.95. The van der Waals surface area contributed by atoms with E-state index in [9.17, 15) is 18.0 Å². The first-order chi connectivity index (χ1) is 12.7. The number of halogens is 3. The van der Waals surface area contributed by atoms with Crippen molar-refractivity contribution in [2.24, 2.45) is 0 Å². The van der Waals surface area contributed by atoms with E-state index in [1.54, 1.807) is 25.1 Å². The monoisotopic (exact) mass is 382 g/mol. The Morgan fingerprint density at radius 1 is 1.00 bits per heavy atom. The molecule has 0 aliphatic rings. The number of ether oxygens (including phenoxy) is 2. The highest BCUT2D eigenvalue weighted by molar-refractivity contribution is 5.96. The number of carbonyl (C=O) groups is 1. The molecule has 8 heteroatoms. The molecule has 0 saturated heterocycles. The van der Waals surface area contributed by atoms with Crippen LogP contribution in [0.3, 0.4) is 0 Å². The number of alkyl halides is 3. The van der Waals surface area contributed by atoms with E-state index in [2.05, 4.69) is 10.6 Å². The molecule has 0 spiro atoms. The maximum Gasteiger partial charge on any atom is 0.416 e. The van der Waals surface area contributed by atoms with Crippen molar-refractivity contribution in [1.29, 1.82) is 0 Å². The summed E-state index contributed by atoms with van der Waals surface area (Å²) in [6, 6.07) is 7.98. The van der Waals surface area contributed by atoms with Crippen LogP contribution in [0, 0.1) is 6.92 Å². The molecule has 0 bridgehead atoms. The standard InChI is InChI=1S/C19H21F3N2O3/c1-11-5-6-13(9-15(11)19(20,21)22)23-12(2)18(25)24-14-7-8-16(26-3)17(10-14)27-4/h5-10,12,23H,1-4H3,(H,24,25). The SMILES string of the molecule is COc1ccc(NC(=O)C(C)Nc2ccc(C)c(C(F)(F)F)c2)cc1OC. The van der Waals surface area contributed by atoms with E-state index >= 15 is 0 Å². The highest BCUT2D eigenvalue weighted by Gasteiger charge is 2.32. The Morgan fingerprint density at radius 3 is 2.22 bits per heavy atom. The molecule has 0 aliphatic heterocycles. The molecule has 0 radical (unpaired) electrons. The normalized spacial score (nSPS) is 12.3. The van der Waals surface area contributed by atoms with Crippen LogP contribution in [0.4, 0.5) is 24.5 Å². The van der Waals surface area contributed by atoms with Gasteiger partial charge in [0.2, 0.25) is 5.91 Å². The third-order valence-corrected chi connectivity index (χ3v) is 3.97. The quantitative estimate of drug-likeness (QED) is 0.774. The maximum atomic E-state index is 13.0. The van der Waals surface area contributed by atoms with Crippen LogP contribution in [0.15, 0.2) is 36.4 Å². The van der Waals surface area contributed by atoms with Gasteiger partial charge < -0.3 is 20.1 Å². The van der Waals surface area contributed by atoms with Gasteiger partial charge in [0.05, 0.1) is 19.8 Å². The lowest BCUT2D eigenvalue weighted by Gasteiger charge is -2.18. The van der Waals surface area contributed by atoms with Gasteiger partial charge in [-0.2, -0.15) is 13.2 Å². The zero-order valence-corrected chi connectivity index (χ0v) is 15.4. The van der Waals surface area contributed by atoms with Crippen molar-refractivity contribution in [2.75, 3.05) is 24.9 Å². The van der Waals surface area contributed by atoms with Gasteiger partial charge >= 0.3 is 6.18 Å². The van der Waals surface area contributed by atoms with Crippen LogP contribution >= 0.6 is 0 Å². The molecule has 2 aromatic carbocycles. The molecule has 1 unspecified atom stereocenters. The number of carbonyl (C=O) groups excluding carboxylic acids is 1. The van der Waals surface area contributed by atoms with Crippen molar-refractivity contribution >= 4 is 17.3 Å². The summed E-state index contributed by atoms with van der Waals surface area (Å²) in [5, 5.41) is 5.47. The fraction of sp³-hybridized carbons (Fsp3) is 0.316. The predicted octanol–water partition coefficient (Wildman–Crippen LogP) is 4.47. The van der Waals surface area contributed by atoms with Gasteiger partial charge in [-0.05, 0) is 43.7 Å². The van der Waals surface area contributed by atoms with Gasteiger partial charge in [0.25, 0.3) is 0 Å². The molecule has 1 amide bonds. The zero-order valence-electron chi connectivity index (χ0n) is 15.4. The summed E-state index contributed by atoms with van der Waals surface area (Å²) in [6.07, 6.45) is -4.45. The number of nitrogens with one attached hydrogen (secondary N) is 2. The first-order valence-electron chi connectivity index (χ1n) is 8.13. The number of anilines is 2. The summed E-state index contributed by atoms with van der Waals surface area (Å²) in [6.45, 7) is 2.95. The second-order valence-electron chi connectivity index (χ2n) is 5.95. The lowest BCUT2D eigenvalue weighted by atomic mass is 10.1. The van der Waals surface area contributed by atoms with Crippen LogP contribution in [0.2, 0.25) is 0 Å². The number of hydrogen-bond donors (Lipinski definition) is 2. The van der Waals surface area contributed by atoms with Gasteiger partial charge in [-0.3, -0.25) is 4.79 Å². The topological polar surface area (TPSA) is 59.6 Å². The largest absolute Gasteiger partial charge is 0.493 e. The van der Waals surface area contributed by atoms with E-state index in [1.807, 2.05) is 0 Å². The minimum Gasteiger partial charge on any atom is -0.493 e. The van der Waals surface area contributed by atoms with Crippen molar-refractivity contribution in [2.45, 2.75) is 26.1 Å². The number of methoxy groups -OCH3 is 2. The smallest absolute Gasteiger partial charge is 0.416 e. The van der Waals surface area contributed by atoms with Crippen LogP contribution in [0.1, 0.15) is 18.1 Å². The molecule has 27 heavy (non-hydrogen) atoms. The molecular formula is C19H21F3N2O3. The molecule has 146 valence electrons. The fourth-order valence-electron chi connectivity index (χ4n) is 2.50. The van der Waals surface area contributed by atoms with Crippen LogP contribution in [0.25, 0.3) is 0 Å². The summed E-state index contributed by atoms with van der Waals surface area (Å²) >= 11 is 0. The van der Waals surface area contributed by atoms with E-state index in [-0.39, 0.29) is 11.3 Å². The van der Waals surface area contributed by atoms with Gasteiger partial charge in [-0.15, -0.1) is 0 Å². The molecule has 0 heterocycles. The summed E-state index contributed by atoms with van der Waals surface area (Å²) in [5.41, 5.74) is 0.0737.